The van der Waals surface area contributed by atoms with Crippen LogP contribution >= 0.6 is 9.69 Å². The van der Waals surface area contributed by atoms with Crippen molar-refractivity contribution in [3.05, 3.63) is 32.2 Å². The van der Waals surface area contributed by atoms with Gasteiger partial charge in [0.25, 0.3) is 0 Å². The maximum atomic E-state index is 10.7. The SMILES string of the molecule is C/C(N[O-])=C(\C)[N+]([O-])=[Rh][Cl].CC(=N\[O-])/C(C)=N/[O-].NC(N)=[SH+]. The maximum Gasteiger partial charge on any atom is 0.312 e. The predicted octanol–water partition coefficient (Wildman–Crippen LogP) is 0.430. The van der Waals surface area contributed by atoms with Crippen molar-refractivity contribution in [2.75, 3.05) is 0 Å². The number of halogens is 1. The molecule has 132 valence electrons. The number of thiol groups is 1. The monoisotopic (exact) mass is 444 g/mol. The van der Waals surface area contributed by atoms with Crippen LogP contribution in [0.25, 0.3) is 0 Å². The van der Waals surface area contributed by atoms with Crippen molar-refractivity contribution in [2.24, 2.45) is 21.8 Å². The first-order valence-electron chi connectivity index (χ1n) is 5.25. The molecule has 0 aromatic heterocycles. The number of hydrogen-bond acceptors (Lipinski definition) is 7. The second-order valence-electron chi connectivity index (χ2n) is 3.37. The molecule has 0 spiro atoms. The Bertz CT molecular complexity index is 449. The Kier molecular flexibility index (Phi) is 19.5. The maximum absolute atomic E-state index is 10.7. The first kappa shape index (κ1) is 26.0. The second kappa shape index (κ2) is 16.5. The standard InChI is InChI=1S/C4H8N2O2.C4H7N2O2.CH4N2S.ClH.Rh/c2*1-3(5-7)4(2)6-8;2-1(3)4;;/h7-8H,1-2H3;5H,1-2H3;(H4,2,3,4);1H;/q;-1;;;+1/p-2/b5-3+,6-4+;4-3-;;;. The quantitative estimate of drug-likeness (QED) is 0.141. The van der Waals surface area contributed by atoms with Gasteiger partial charge in [0.05, 0.1) is 0 Å². The summed E-state index contributed by atoms with van der Waals surface area (Å²) in [7, 11) is 5.27. The van der Waals surface area contributed by atoms with E-state index in [1.54, 1.807) is 12.4 Å². The molecule has 0 saturated heterocycles. The van der Waals surface area contributed by atoms with Gasteiger partial charge in [-0.25, -0.2) is 11.5 Å². The normalized spacial score (nSPS) is 13.8. The van der Waals surface area contributed by atoms with Gasteiger partial charge in [0.1, 0.15) is 0 Å². The van der Waals surface area contributed by atoms with E-state index in [1.807, 2.05) is 0 Å². The minimum atomic E-state index is -0.709. The summed E-state index contributed by atoms with van der Waals surface area (Å²) < 4.78 is 0.600. The molecule has 0 saturated carbocycles. The van der Waals surface area contributed by atoms with Crippen molar-refractivity contribution < 1.29 is 19.4 Å². The predicted molar refractivity (Wildman–Crippen MR) is 89.5 cm³/mol. The number of allylic oxidation sites excluding steroid dienone is 2. The van der Waals surface area contributed by atoms with Gasteiger partial charge in [-0.05, 0) is 13.8 Å². The summed E-state index contributed by atoms with van der Waals surface area (Å²) in [5.41, 5.74) is 11.9. The van der Waals surface area contributed by atoms with Gasteiger partial charge in [-0.3, -0.25) is 0 Å². The van der Waals surface area contributed by atoms with Gasteiger partial charge < -0.3 is 20.7 Å². The van der Waals surface area contributed by atoms with Gasteiger partial charge in [-0.1, -0.05) is 0 Å². The van der Waals surface area contributed by atoms with Crippen molar-refractivity contribution in [1.29, 1.82) is 0 Å². The number of nitrogens with two attached hydrogens (primary N) is 2. The Morgan fingerprint density at radius 2 is 1.45 bits per heavy atom. The van der Waals surface area contributed by atoms with Crippen molar-refractivity contribution >= 4 is 38.4 Å². The van der Waals surface area contributed by atoms with Crippen molar-refractivity contribution in [2.45, 2.75) is 27.7 Å². The Labute approximate surface area is 145 Å². The van der Waals surface area contributed by atoms with E-state index in [-0.39, 0.29) is 16.5 Å². The Morgan fingerprint density at radius 3 is 1.64 bits per heavy atom. The molecule has 0 heterocycles. The van der Waals surface area contributed by atoms with Gasteiger partial charge in [-0.15, -0.1) is 0 Å². The van der Waals surface area contributed by atoms with Crippen LogP contribution in [0.1, 0.15) is 27.7 Å². The fraction of sp³-hybridized carbons (Fsp3) is 0.444. The second-order valence-corrected chi connectivity index (χ2v) is 5.50. The van der Waals surface area contributed by atoms with E-state index in [4.69, 9.17) is 9.69 Å². The number of hydroxylamine groups is 2. The number of hydrogen-bond donors (Lipinski definition) is 3. The Morgan fingerprint density at radius 1 is 1.14 bits per heavy atom. The molecule has 22 heavy (non-hydrogen) atoms. The zero-order chi connectivity index (χ0) is 18.3. The van der Waals surface area contributed by atoms with E-state index in [0.717, 1.165) is 0 Å². The van der Waals surface area contributed by atoms with E-state index in [9.17, 15) is 20.8 Å². The van der Waals surface area contributed by atoms with Crippen LogP contribution in [-0.2, 0) is 28.2 Å². The molecular formula is C9H18ClN6O4RhS-2. The zero-order valence-corrected chi connectivity index (χ0v) is 15.6. The van der Waals surface area contributed by atoms with Crippen molar-refractivity contribution in [3.63, 3.8) is 0 Å². The molecule has 0 aliphatic carbocycles. The molecule has 0 atom stereocenters. The van der Waals surface area contributed by atoms with Crippen LogP contribution in [0, 0.1) is 20.8 Å². The molecule has 0 aromatic carbocycles. The van der Waals surface area contributed by atoms with E-state index < -0.39 is 15.9 Å². The number of nitrogens with one attached hydrogen (secondary N) is 1. The first-order chi connectivity index (χ1) is 10.1. The number of nitrogens with zero attached hydrogens (tertiary/aromatic N) is 3. The van der Waals surface area contributed by atoms with Gasteiger partial charge in [0.2, 0.25) is 0 Å². The molecule has 13 heteroatoms. The van der Waals surface area contributed by atoms with Crippen molar-refractivity contribution in [3.8, 4) is 0 Å². The minimum absolute atomic E-state index is 0.111. The molecule has 10 nitrogen and oxygen atoms in total. The van der Waals surface area contributed by atoms with Gasteiger partial charge in [0.15, 0.2) is 12.2 Å². The van der Waals surface area contributed by atoms with Gasteiger partial charge >= 0.3 is 75.3 Å². The molecule has 0 aromatic rings. The summed E-state index contributed by atoms with van der Waals surface area (Å²) in [6.07, 6.45) is 0. The van der Waals surface area contributed by atoms with E-state index in [0.29, 0.717) is 14.8 Å². The summed E-state index contributed by atoms with van der Waals surface area (Å²) >= 11 is 2.73. The molecule has 0 unspecified atom stereocenters. The molecule has 0 amide bonds. The third-order valence-electron chi connectivity index (χ3n) is 1.79. The van der Waals surface area contributed by atoms with E-state index in [1.165, 1.54) is 20.8 Å². The van der Waals surface area contributed by atoms with E-state index >= 15 is 0 Å². The van der Waals surface area contributed by atoms with Crippen LogP contribution < -0.4 is 16.9 Å². The van der Waals surface area contributed by atoms with Crippen LogP contribution in [0.4, 0.5) is 0 Å². The van der Waals surface area contributed by atoms with Crippen LogP contribution in [0.15, 0.2) is 21.7 Å². The summed E-state index contributed by atoms with van der Waals surface area (Å²) in [5, 5.41) is 45.0. The Balaban J connectivity index is -0.000000269. The molecule has 0 aliphatic heterocycles. The summed E-state index contributed by atoms with van der Waals surface area (Å²) in [6.45, 7) is 5.93. The molecule has 5 N–H and O–H groups in total. The summed E-state index contributed by atoms with van der Waals surface area (Å²) in [6, 6.07) is 0. The summed E-state index contributed by atoms with van der Waals surface area (Å²) in [4.78, 5) is 0. The molecular weight excluding hydrogens is 427 g/mol. The molecule has 0 rings (SSSR count). The van der Waals surface area contributed by atoms with Gasteiger partial charge in [-0.2, -0.15) is 0 Å². The largest absolute Gasteiger partial charge is 0.792 e. The molecule has 0 fully saturated rings. The van der Waals surface area contributed by atoms with Crippen LogP contribution in [0.5, 0.6) is 0 Å². The smallest absolute Gasteiger partial charge is 0.312 e. The average Bonchev–Trinajstić information content (AvgIpc) is 2.50. The topological polar surface area (TPSA) is 184 Å². The summed E-state index contributed by atoms with van der Waals surface area (Å²) in [5.74, 6) is 0. The fourth-order valence-electron chi connectivity index (χ4n) is 0.373. The molecule has 0 aliphatic rings. The third kappa shape index (κ3) is 17.2. The number of rotatable bonds is 3. The molecule has 0 bridgehead atoms. The van der Waals surface area contributed by atoms with Crippen LogP contribution in [-0.4, -0.2) is 20.0 Å². The van der Waals surface area contributed by atoms with E-state index in [2.05, 4.69) is 34.0 Å². The zero-order valence-electron chi connectivity index (χ0n) is 12.3. The van der Waals surface area contributed by atoms with Crippen molar-refractivity contribution in [1.82, 2.24) is 5.48 Å². The van der Waals surface area contributed by atoms with Crippen LogP contribution in [0.3, 0.4) is 0 Å². The average molecular weight is 445 g/mol. The first-order valence-corrected chi connectivity index (χ1v) is 8.54. The third-order valence-corrected chi connectivity index (χ3v) is 3.20. The van der Waals surface area contributed by atoms with Crippen LogP contribution in [0.2, 0.25) is 0 Å². The van der Waals surface area contributed by atoms with Gasteiger partial charge in [0, 0.05) is 11.4 Å². The Hall–Kier alpha value is -0.877. The molecule has 0 radical (unpaired) electrons. The minimum Gasteiger partial charge on any atom is -0.792 e. The fourth-order valence-corrected chi connectivity index (χ4v) is 1.36.